The molecule has 0 amide bonds. The van der Waals surface area contributed by atoms with E-state index in [2.05, 4.69) is 23.7 Å². The highest BCUT2D eigenvalue weighted by Crippen LogP contribution is 2.32. The van der Waals surface area contributed by atoms with Crippen LogP contribution in [0.5, 0.6) is 11.5 Å². The van der Waals surface area contributed by atoms with Crippen LogP contribution in [0.1, 0.15) is 32.6 Å². The van der Waals surface area contributed by atoms with Gasteiger partial charge < -0.3 is 14.4 Å². The molecule has 1 aromatic carbocycles. The van der Waals surface area contributed by atoms with Gasteiger partial charge in [-0.15, -0.1) is 5.92 Å². The van der Waals surface area contributed by atoms with Gasteiger partial charge in [0.05, 0.1) is 14.2 Å². The lowest BCUT2D eigenvalue weighted by Gasteiger charge is -2.35. The summed E-state index contributed by atoms with van der Waals surface area (Å²) in [5.74, 6) is 6.18. The molecule has 7 nitrogen and oxygen atoms in total. The quantitative estimate of drug-likeness (QED) is 0.450. The Morgan fingerprint density at radius 1 is 1.07 bits per heavy atom. The van der Waals surface area contributed by atoms with Crippen LogP contribution in [0.2, 0.25) is 0 Å². The normalized spacial score (nSPS) is 16.1. The van der Waals surface area contributed by atoms with Gasteiger partial charge in [0, 0.05) is 44.4 Å². The van der Waals surface area contributed by atoms with Gasteiger partial charge in [0.2, 0.25) is 10.0 Å². The van der Waals surface area contributed by atoms with Gasteiger partial charge in [-0.3, -0.25) is 0 Å². The lowest BCUT2D eigenvalue weighted by molar-refractivity contribution is 0.155. The average Bonchev–Trinajstić information content (AvgIpc) is 2.72. The van der Waals surface area contributed by atoms with Crippen molar-refractivity contribution in [2.75, 3.05) is 51.1 Å². The summed E-state index contributed by atoms with van der Waals surface area (Å²) in [5.41, 5.74) is 0.944. The first kappa shape index (κ1) is 23.3. The molecule has 1 saturated heterocycles. The third-order valence-corrected chi connectivity index (χ3v) is 6.77. The first-order chi connectivity index (χ1) is 13.9. The summed E-state index contributed by atoms with van der Waals surface area (Å²) in [6.07, 6.45) is 2.36. The van der Waals surface area contributed by atoms with Gasteiger partial charge in [-0.25, -0.2) is 13.5 Å². The fourth-order valence-corrected chi connectivity index (χ4v) is 4.63. The highest BCUT2D eigenvalue weighted by molar-refractivity contribution is 7.89. The molecule has 0 bridgehead atoms. The summed E-state index contributed by atoms with van der Waals surface area (Å²) >= 11 is 0. The molecule has 161 valence electrons. The fraction of sp³-hybridized carbons (Fsp3) is 0.619. The number of piperazine rings is 1. The number of nitrogens with zero attached hydrogens (tertiary/aromatic N) is 2. The molecule has 0 spiro atoms. The Morgan fingerprint density at radius 2 is 1.76 bits per heavy atom. The number of hydrogen-bond acceptors (Lipinski definition) is 5. The van der Waals surface area contributed by atoms with E-state index in [-0.39, 0.29) is 0 Å². The second kappa shape index (κ2) is 11.3. The van der Waals surface area contributed by atoms with Gasteiger partial charge in [-0.1, -0.05) is 25.7 Å². The van der Waals surface area contributed by atoms with Crippen LogP contribution >= 0.6 is 0 Å². The van der Waals surface area contributed by atoms with Crippen molar-refractivity contribution in [3.8, 4) is 23.3 Å². The number of hydrogen-bond donors (Lipinski definition) is 0. The van der Waals surface area contributed by atoms with E-state index in [9.17, 15) is 13.5 Å². The van der Waals surface area contributed by atoms with Crippen molar-refractivity contribution in [2.24, 2.45) is 0 Å². The molecule has 8 heteroatoms. The highest BCUT2D eigenvalue weighted by atomic mass is 32.2. The number of methoxy groups -OCH3 is 2. The molecule has 1 aromatic rings. The van der Waals surface area contributed by atoms with Crippen LogP contribution in [0, 0.1) is 11.8 Å². The van der Waals surface area contributed by atoms with Crippen LogP contribution < -0.4 is 14.4 Å². The van der Waals surface area contributed by atoms with Crippen LogP contribution in [0.4, 0.5) is 5.69 Å². The van der Waals surface area contributed by atoms with Crippen molar-refractivity contribution in [2.45, 2.75) is 38.7 Å². The standard InChI is InChI=1S/C21H31N2O5S/c1-4-5-6-7-8-9-19(24)17-29(25,26)23-14-12-22(13-15-23)18-10-11-20(27-2)21(16-18)28-3/h10-11,16,19H,4-7,12-15,17H2,1-3H3. The van der Waals surface area contributed by atoms with Gasteiger partial charge in [0.15, 0.2) is 17.6 Å². The summed E-state index contributed by atoms with van der Waals surface area (Å²) < 4.78 is 37.1. The van der Waals surface area contributed by atoms with E-state index in [1.807, 2.05) is 18.2 Å². The second-order valence-corrected chi connectivity index (χ2v) is 8.98. The molecule has 0 aliphatic carbocycles. The maximum absolute atomic E-state index is 12.6. The topological polar surface area (TPSA) is 79.0 Å². The lowest BCUT2D eigenvalue weighted by Crippen LogP contribution is -2.50. The number of ether oxygens (including phenoxy) is 2. The van der Waals surface area contributed by atoms with Gasteiger partial charge in [-0.2, -0.15) is 4.31 Å². The first-order valence-corrected chi connectivity index (χ1v) is 11.6. The zero-order valence-corrected chi connectivity index (χ0v) is 18.3. The molecule has 1 unspecified atom stereocenters. The van der Waals surface area contributed by atoms with Crippen molar-refractivity contribution in [1.82, 2.24) is 4.31 Å². The van der Waals surface area contributed by atoms with Crippen LogP contribution in [0.25, 0.3) is 0 Å². The van der Waals surface area contributed by atoms with Crippen LogP contribution in [0.15, 0.2) is 18.2 Å². The Kier molecular flexibility index (Phi) is 9.08. The first-order valence-electron chi connectivity index (χ1n) is 10.00. The Morgan fingerprint density at radius 3 is 2.38 bits per heavy atom. The number of rotatable bonds is 9. The molecule has 1 heterocycles. The number of sulfonamides is 1. The largest absolute Gasteiger partial charge is 0.493 e. The van der Waals surface area contributed by atoms with Gasteiger partial charge >= 0.3 is 0 Å². The molecule has 29 heavy (non-hydrogen) atoms. The smallest absolute Gasteiger partial charge is 0.217 e. The average molecular weight is 424 g/mol. The molecular formula is C21H31N2O5S. The Hall–Kier alpha value is -1.95. The number of unbranched alkanes of at least 4 members (excludes halogenated alkanes) is 3. The van der Waals surface area contributed by atoms with Gasteiger partial charge in [0.25, 0.3) is 0 Å². The van der Waals surface area contributed by atoms with Crippen LogP contribution in [-0.4, -0.2) is 65.0 Å². The molecule has 0 saturated carbocycles. The van der Waals surface area contributed by atoms with Gasteiger partial charge in [0.1, 0.15) is 5.75 Å². The molecule has 0 N–H and O–H groups in total. The van der Waals surface area contributed by atoms with E-state index in [0.29, 0.717) is 44.1 Å². The van der Waals surface area contributed by atoms with Crippen molar-refractivity contribution >= 4 is 15.7 Å². The predicted molar refractivity (Wildman–Crippen MR) is 114 cm³/mol. The number of anilines is 1. The maximum Gasteiger partial charge on any atom is 0.217 e. The minimum Gasteiger partial charge on any atom is -0.493 e. The summed E-state index contributed by atoms with van der Waals surface area (Å²) in [5, 5.41) is 12.0. The SMILES string of the molecule is CCCCCC#CC([O])CS(=O)(=O)N1CCN(c2ccc(OC)c(OC)c2)CC1. The summed E-state index contributed by atoms with van der Waals surface area (Å²) in [6.45, 7) is 3.86. The molecule has 2 rings (SSSR count). The Balaban J connectivity index is 1.90. The molecule has 1 atom stereocenters. The summed E-state index contributed by atoms with van der Waals surface area (Å²) in [4.78, 5) is 2.09. The third kappa shape index (κ3) is 6.81. The monoisotopic (exact) mass is 423 g/mol. The maximum atomic E-state index is 12.6. The molecule has 1 aliphatic heterocycles. The van der Waals surface area contributed by atoms with E-state index in [1.54, 1.807) is 14.2 Å². The zero-order valence-electron chi connectivity index (χ0n) is 17.5. The third-order valence-electron chi connectivity index (χ3n) is 4.89. The summed E-state index contributed by atoms with van der Waals surface area (Å²) in [7, 11) is -0.447. The van der Waals surface area contributed by atoms with E-state index in [1.165, 1.54) is 4.31 Å². The van der Waals surface area contributed by atoms with E-state index in [4.69, 9.17) is 9.47 Å². The fourth-order valence-electron chi connectivity index (χ4n) is 3.23. The van der Waals surface area contributed by atoms with Crippen LogP contribution in [0.3, 0.4) is 0 Å². The van der Waals surface area contributed by atoms with Crippen molar-refractivity contribution in [3.63, 3.8) is 0 Å². The minimum atomic E-state index is -3.61. The van der Waals surface area contributed by atoms with Crippen molar-refractivity contribution in [3.05, 3.63) is 18.2 Å². The molecule has 0 aromatic heterocycles. The van der Waals surface area contributed by atoms with E-state index < -0.39 is 21.9 Å². The molecule has 1 fully saturated rings. The second-order valence-electron chi connectivity index (χ2n) is 6.97. The van der Waals surface area contributed by atoms with Gasteiger partial charge in [-0.05, 0) is 18.6 Å². The Labute approximate surface area is 174 Å². The molecule has 1 radical (unpaired) electrons. The zero-order chi connectivity index (χ0) is 21.3. The molecule has 1 aliphatic rings. The minimum absolute atomic E-state index is 0.341. The Bertz CT molecular complexity index is 808. The van der Waals surface area contributed by atoms with Crippen LogP contribution in [-0.2, 0) is 15.1 Å². The van der Waals surface area contributed by atoms with E-state index in [0.717, 1.165) is 24.9 Å². The van der Waals surface area contributed by atoms with E-state index >= 15 is 0 Å². The number of benzene rings is 1. The highest BCUT2D eigenvalue weighted by Gasteiger charge is 2.29. The predicted octanol–water partition coefficient (Wildman–Crippen LogP) is 2.54. The van der Waals surface area contributed by atoms with Crippen molar-refractivity contribution < 1.29 is 23.0 Å². The van der Waals surface area contributed by atoms with Crippen molar-refractivity contribution in [1.29, 1.82) is 0 Å². The summed E-state index contributed by atoms with van der Waals surface area (Å²) in [6, 6.07) is 5.64. The molecular weight excluding hydrogens is 392 g/mol. The lowest BCUT2D eigenvalue weighted by atomic mass is 10.2.